The van der Waals surface area contributed by atoms with Crippen molar-refractivity contribution in [2.75, 3.05) is 13.7 Å². The third-order valence-corrected chi connectivity index (χ3v) is 4.93. The average molecular weight is 334 g/mol. The first-order chi connectivity index (χ1) is 12.3. The van der Waals surface area contributed by atoms with Crippen molar-refractivity contribution in [3.05, 3.63) is 60.2 Å². The second-order valence-corrected chi connectivity index (χ2v) is 6.49. The first-order valence-corrected chi connectivity index (χ1v) is 8.72. The smallest absolute Gasteiger partial charge is 0.118 e. The number of nitrogens with zero attached hydrogens (tertiary/aromatic N) is 1. The molecule has 128 valence electrons. The summed E-state index contributed by atoms with van der Waals surface area (Å²) in [6, 6.07) is 18.0. The third-order valence-electron chi connectivity index (χ3n) is 4.93. The largest absolute Gasteiger partial charge is 0.497 e. The molecular weight excluding hydrogens is 312 g/mol. The van der Waals surface area contributed by atoms with E-state index in [2.05, 4.69) is 5.32 Å². The van der Waals surface area contributed by atoms with Gasteiger partial charge in [0.05, 0.1) is 24.4 Å². The molecule has 0 bridgehead atoms. The maximum atomic E-state index is 11.0. The maximum Gasteiger partial charge on any atom is 0.118 e. The number of aliphatic hydroxyl groups excluding tert-OH is 1. The highest BCUT2D eigenvalue weighted by Gasteiger charge is 2.26. The fourth-order valence-electron chi connectivity index (χ4n) is 3.55. The number of aliphatic hydroxyl groups is 1. The summed E-state index contributed by atoms with van der Waals surface area (Å²) in [6.07, 6.45) is 1.57. The molecule has 0 saturated carbocycles. The first kappa shape index (κ1) is 16.1. The molecule has 2 N–H and O–H groups in total. The standard InChI is InChI=1S/C21H22N2O2/c1-25-15-10-8-14(9-11-15)20-13-17(21(24)19-7-4-12-22-19)16-5-2-3-6-18(16)23-20/h2-3,5-6,8-11,13,19,21-22,24H,4,7,12H2,1H3/t19-,21+/m0/s1. The van der Waals surface area contributed by atoms with Gasteiger partial charge < -0.3 is 15.2 Å². The molecule has 0 amide bonds. The molecule has 2 heterocycles. The van der Waals surface area contributed by atoms with Gasteiger partial charge in [-0.3, -0.25) is 0 Å². The molecule has 1 aromatic heterocycles. The van der Waals surface area contributed by atoms with E-state index in [1.54, 1.807) is 7.11 Å². The Kier molecular flexibility index (Phi) is 4.38. The van der Waals surface area contributed by atoms with Crippen LogP contribution in [0.15, 0.2) is 54.6 Å². The summed E-state index contributed by atoms with van der Waals surface area (Å²) in [6.45, 7) is 0.968. The number of rotatable bonds is 4. The van der Waals surface area contributed by atoms with Crippen molar-refractivity contribution in [2.24, 2.45) is 0 Å². The monoisotopic (exact) mass is 334 g/mol. The first-order valence-electron chi connectivity index (χ1n) is 8.72. The van der Waals surface area contributed by atoms with Gasteiger partial charge in [-0.2, -0.15) is 0 Å². The summed E-state index contributed by atoms with van der Waals surface area (Å²) in [5.74, 6) is 0.819. The van der Waals surface area contributed by atoms with Crippen LogP contribution >= 0.6 is 0 Å². The molecule has 0 spiro atoms. The van der Waals surface area contributed by atoms with Crippen LogP contribution in [0, 0.1) is 0 Å². The number of hydrogen-bond acceptors (Lipinski definition) is 4. The Morgan fingerprint density at radius 3 is 2.68 bits per heavy atom. The Morgan fingerprint density at radius 2 is 1.96 bits per heavy atom. The molecule has 3 aromatic rings. The Hall–Kier alpha value is -2.43. The molecule has 2 aromatic carbocycles. The van der Waals surface area contributed by atoms with Gasteiger partial charge >= 0.3 is 0 Å². The van der Waals surface area contributed by atoms with Gasteiger partial charge in [-0.25, -0.2) is 4.98 Å². The molecule has 1 aliphatic rings. The van der Waals surface area contributed by atoms with E-state index in [4.69, 9.17) is 9.72 Å². The number of hydrogen-bond donors (Lipinski definition) is 2. The minimum Gasteiger partial charge on any atom is -0.497 e. The number of pyridine rings is 1. The lowest BCUT2D eigenvalue weighted by Gasteiger charge is -2.21. The van der Waals surface area contributed by atoms with E-state index in [-0.39, 0.29) is 6.04 Å². The second kappa shape index (κ2) is 6.82. The van der Waals surface area contributed by atoms with Crippen molar-refractivity contribution in [1.82, 2.24) is 10.3 Å². The number of para-hydroxylation sites is 1. The molecule has 4 nitrogen and oxygen atoms in total. The number of methoxy groups -OCH3 is 1. The average Bonchev–Trinajstić information content (AvgIpc) is 3.21. The van der Waals surface area contributed by atoms with Crippen molar-refractivity contribution in [2.45, 2.75) is 25.0 Å². The highest BCUT2D eigenvalue weighted by molar-refractivity contribution is 5.85. The molecule has 1 fully saturated rings. The van der Waals surface area contributed by atoms with E-state index < -0.39 is 6.10 Å². The van der Waals surface area contributed by atoms with Gasteiger partial charge in [0.25, 0.3) is 0 Å². The van der Waals surface area contributed by atoms with Gasteiger partial charge in [-0.15, -0.1) is 0 Å². The topological polar surface area (TPSA) is 54.4 Å². The van der Waals surface area contributed by atoms with Gasteiger partial charge in [0.2, 0.25) is 0 Å². The summed E-state index contributed by atoms with van der Waals surface area (Å²) in [7, 11) is 1.66. The minimum absolute atomic E-state index is 0.106. The number of benzene rings is 2. The highest BCUT2D eigenvalue weighted by Crippen LogP contribution is 2.32. The van der Waals surface area contributed by atoms with Crippen LogP contribution in [-0.4, -0.2) is 29.8 Å². The van der Waals surface area contributed by atoms with E-state index in [0.29, 0.717) is 0 Å². The molecule has 4 rings (SSSR count). The summed E-state index contributed by atoms with van der Waals surface area (Å²) < 4.78 is 5.24. The molecule has 0 aliphatic carbocycles. The van der Waals surface area contributed by atoms with Gasteiger partial charge in [-0.05, 0) is 61.3 Å². The zero-order chi connectivity index (χ0) is 17.2. The van der Waals surface area contributed by atoms with Crippen molar-refractivity contribution in [1.29, 1.82) is 0 Å². The summed E-state index contributed by atoms with van der Waals surface area (Å²) in [5, 5.41) is 15.4. The molecule has 25 heavy (non-hydrogen) atoms. The normalized spacial score (nSPS) is 18.4. The second-order valence-electron chi connectivity index (χ2n) is 6.49. The van der Waals surface area contributed by atoms with Crippen molar-refractivity contribution in [3.8, 4) is 17.0 Å². The predicted octanol–water partition coefficient (Wildman–Crippen LogP) is 3.70. The Labute approximate surface area is 147 Å². The number of ether oxygens (including phenoxy) is 1. The van der Waals surface area contributed by atoms with Crippen molar-refractivity contribution >= 4 is 10.9 Å². The molecule has 4 heteroatoms. The van der Waals surface area contributed by atoms with E-state index in [9.17, 15) is 5.11 Å². The van der Waals surface area contributed by atoms with E-state index in [0.717, 1.165) is 52.9 Å². The van der Waals surface area contributed by atoms with Crippen LogP contribution < -0.4 is 10.1 Å². The van der Waals surface area contributed by atoms with Gasteiger partial charge in [0.1, 0.15) is 5.75 Å². The molecule has 0 radical (unpaired) electrons. The summed E-state index contributed by atoms with van der Waals surface area (Å²) >= 11 is 0. The lowest BCUT2D eigenvalue weighted by Crippen LogP contribution is -2.28. The van der Waals surface area contributed by atoms with Crippen LogP contribution in [0.3, 0.4) is 0 Å². The fourth-order valence-corrected chi connectivity index (χ4v) is 3.55. The highest BCUT2D eigenvalue weighted by atomic mass is 16.5. The van der Waals surface area contributed by atoms with Crippen LogP contribution in [0.25, 0.3) is 22.2 Å². The van der Waals surface area contributed by atoms with Crippen LogP contribution in [0.4, 0.5) is 0 Å². The molecular formula is C21H22N2O2. The van der Waals surface area contributed by atoms with Gasteiger partial charge in [0, 0.05) is 17.0 Å². The van der Waals surface area contributed by atoms with Crippen LogP contribution in [0.5, 0.6) is 5.75 Å². The zero-order valence-corrected chi connectivity index (χ0v) is 14.3. The van der Waals surface area contributed by atoms with Crippen molar-refractivity contribution < 1.29 is 9.84 Å². The quantitative estimate of drug-likeness (QED) is 0.764. The van der Waals surface area contributed by atoms with Gasteiger partial charge in [-0.1, -0.05) is 18.2 Å². The van der Waals surface area contributed by atoms with Crippen LogP contribution in [-0.2, 0) is 0 Å². The maximum absolute atomic E-state index is 11.0. The van der Waals surface area contributed by atoms with Gasteiger partial charge in [0.15, 0.2) is 0 Å². The Bertz CT molecular complexity index is 871. The Morgan fingerprint density at radius 1 is 1.16 bits per heavy atom. The molecule has 1 saturated heterocycles. The van der Waals surface area contributed by atoms with Crippen LogP contribution in [0.2, 0.25) is 0 Å². The summed E-state index contributed by atoms with van der Waals surface area (Å²) in [4.78, 5) is 4.80. The number of fused-ring (bicyclic) bond motifs is 1. The molecule has 0 unspecified atom stereocenters. The van der Waals surface area contributed by atoms with Crippen molar-refractivity contribution in [3.63, 3.8) is 0 Å². The minimum atomic E-state index is -0.535. The lowest BCUT2D eigenvalue weighted by atomic mass is 9.95. The van der Waals surface area contributed by atoms with E-state index >= 15 is 0 Å². The van der Waals surface area contributed by atoms with E-state index in [1.165, 1.54) is 0 Å². The lowest BCUT2D eigenvalue weighted by molar-refractivity contribution is 0.139. The molecule has 1 aliphatic heterocycles. The predicted molar refractivity (Wildman–Crippen MR) is 99.7 cm³/mol. The van der Waals surface area contributed by atoms with Crippen LogP contribution in [0.1, 0.15) is 24.5 Å². The summed E-state index contributed by atoms with van der Waals surface area (Å²) in [5.41, 5.74) is 3.73. The fraction of sp³-hybridized carbons (Fsp3) is 0.286. The number of aromatic nitrogens is 1. The van der Waals surface area contributed by atoms with E-state index in [1.807, 2.05) is 54.6 Å². The SMILES string of the molecule is COc1ccc(-c2cc([C@@H](O)[C@@H]3CCCN3)c3ccccc3n2)cc1. The Balaban J connectivity index is 1.82. The zero-order valence-electron chi connectivity index (χ0n) is 14.3. The number of nitrogens with one attached hydrogen (secondary N) is 1. The third kappa shape index (κ3) is 3.11. The molecule has 2 atom stereocenters.